The summed E-state index contributed by atoms with van der Waals surface area (Å²) in [6.45, 7) is 1.56. The predicted octanol–water partition coefficient (Wildman–Crippen LogP) is 4.51. The second-order valence-electron chi connectivity index (χ2n) is 6.79. The van der Waals surface area contributed by atoms with E-state index in [1.165, 1.54) is 0 Å². The van der Waals surface area contributed by atoms with Crippen LogP contribution >= 0.6 is 11.8 Å². The molecule has 0 aliphatic carbocycles. The van der Waals surface area contributed by atoms with E-state index in [1.54, 1.807) is 18.7 Å². The molecule has 0 radical (unpaired) electrons. The number of hydrogen-bond donors (Lipinski definition) is 2. The fraction of sp³-hybridized carbons (Fsp3) is 0.174. The van der Waals surface area contributed by atoms with Crippen molar-refractivity contribution in [3.63, 3.8) is 0 Å². The molecule has 0 heterocycles. The molecule has 0 saturated heterocycles. The van der Waals surface area contributed by atoms with Crippen molar-refractivity contribution in [2.24, 2.45) is 5.73 Å². The Labute approximate surface area is 164 Å². The average Bonchev–Trinajstić information content (AvgIpc) is 2.71. The number of carboxylic acids is 1. The second-order valence-corrected chi connectivity index (χ2v) is 7.98. The van der Waals surface area contributed by atoms with E-state index in [0.29, 0.717) is 0 Å². The summed E-state index contributed by atoms with van der Waals surface area (Å²) in [6, 6.07) is 30.5. The molecule has 3 aromatic carbocycles. The maximum Gasteiger partial charge on any atom is 0.324 e. The molecule has 3 N–H and O–H groups in total. The summed E-state index contributed by atoms with van der Waals surface area (Å²) in [4.78, 5) is 11.6. The standard InChI is InChI=1S/C23H23NO2S/c1-22(24,21(25)26)17-27-23(18-11-5-2-6-12-18,19-13-7-3-8-14-19)20-15-9-4-10-16-20/h2-16H,17,24H2,1H3,(H,25,26)/t22-/m0/s1. The maximum atomic E-state index is 11.6. The molecule has 3 rings (SSSR count). The lowest BCUT2D eigenvalue weighted by Gasteiger charge is -2.37. The van der Waals surface area contributed by atoms with E-state index >= 15 is 0 Å². The molecule has 4 heteroatoms. The van der Waals surface area contributed by atoms with Crippen LogP contribution in [-0.4, -0.2) is 22.4 Å². The third kappa shape index (κ3) is 3.92. The Morgan fingerprint density at radius 1 is 0.815 bits per heavy atom. The summed E-state index contributed by atoms with van der Waals surface area (Å²) in [5, 5.41) is 9.51. The van der Waals surface area contributed by atoms with Gasteiger partial charge in [-0.3, -0.25) is 4.79 Å². The minimum atomic E-state index is -1.33. The molecule has 0 saturated carbocycles. The Morgan fingerprint density at radius 3 is 1.44 bits per heavy atom. The van der Waals surface area contributed by atoms with E-state index in [2.05, 4.69) is 36.4 Å². The smallest absolute Gasteiger partial charge is 0.324 e. The third-order valence-corrected chi connectivity index (χ3v) is 6.50. The highest BCUT2D eigenvalue weighted by Crippen LogP contribution is 2.49. The number of nitrogens with two attached hydrogens (primary N) is 1. The lowest BCUT2D eigenvalue weighted by Crippen LogP contribution is -2.48. The highest BCUT2D eigenvalue weighted by atomic mass is 32.2. The van der Waals surface area contributed by atoms with Gasteiger partial charge in [-0.15, -0.1) is 11.8 Å². The molecule has 3 aromatic rings. The van der Waals surface area contributed by atoms with E-state index < -0.39 is 16.3 Å². The lowest BCUT2D eigenvalue weighted by molar-refractivity contribution is -0.141. The van der Waals surface area contributed by atoms with Crippen LogP contribution in [0.5, 0.6) is 0 Å². The molecule has 1 atom stereocenters. The zero-order chi connectivity index (χ0) is 19.3. The molecule has 138 valence electrons. The predicted molar refractivity (Wildman–Crippen MR) is 112 cm³/mol. The van der Waals surface area contributed by atoms with Crippen LogP contribution in [0.25, 0.3) is 0 Å². The van der Waals surface area contributed by atoms with E-state index in [-0.39, 0.29) is 5.75 Å². The zero-order valence-corrected chi connectivity index (χ0v) is 16.0. The maximum absolute atomic E-state index is 11.6. The van der Waals surface area contributed by atoms with Gasteiger partial charge in [0.25, 0.3) is 0 Å². The van der Waals surface area contributed by atoms with Gasteiger partial charge in [0.15, 0.2) is 0 Å². The SMILES string of the molecule is C[C@](N)(CSC(c1ccccc1)(c1ccccc1)c1ccccc1)C(=O)O. The Kier molecular flexibility index (Phi) is 5.68. The quantitative estimate of drug-likeness (QED) is 0.595. The second kappa shape index (κ2) is 7.99. The number of aliphatic carboxylic acids is 1. The molecule has 0 spiro atoms. The van der Waals surface area contributed by atoms with E-state index in [0.717, 1.165) is 16.7 Å². The van der Waals surface area contributed by atoms with Gasteiger partial charge in [0.2, 0.25) is 0 Å². The Balaban J connectivity index is 2.21. The van der Waals surface area contributed by atoms with Crippen molar-refractivity contribution >= 4 is 17.7 Å². The summed E-state index contributed by atoms with van der Waals surface area (Å²) in [7, 11) is 0. The van der Waals surface area contributed by atoms with Gasteiger partial charge in [-0.1, -0.05) is 91.0 Å². The normalized spacial score (nSPS) is 13.7. The van der Waals surface area contributed by atoms with E-state index in [4.69, 9.17) is 5.73 Å². The minimum absolute atomic E-state index is 0.265. The van der Waals surface area contributed by atoms with Crippen LogP contribution in [0.1, 0.15) is 23.6 Å². The van der Waals surface area contributed by atoms with Crippen LogP contribution in [0, 0.1) is 0 Å². The Hall–Kier alpha value is -2.56. The van der Waals surface area contributed by atoms with Crippen molar-refractivity contribution in [3.8, 4) is 0 Å². The summed E-state index contributed by atoms with van der Waals surface area (Å²) in [5.74, 6) is -0.737. The van der Waals surface area contributed by atoms with Crippen molar-refractivity contribution in [2.75, 3.05) is 5.75 Å². The van der Waals surface area contributed by atoms with E-state index in [9.17, 15) is 9.90 Å². The minimum Gasteiger partial charge on any atom is -0.480 e. The summed E-state index contributed by atoms with van der Waals surface area (Å²) < 4.78 is -0.556. The van der Waals surface area contributed by atoms with Crippen LogP contribution in [-0.2, 0) is 9.54 Å². The molecule has 0 aliphatic rings. The third-order valence-electron chi connectivity index (χ3n) is 4.62. The van der Waals surface area contributed by atoms with Crippen LogP contribution in [0.4, 0.5) is 0 Å². The van der Waals surface area contributed by atoms with Crippen LogP contribution in [0.2, 0.25) is 0 Å². The number of benzene rings is 3. The number of carboxylic acid groups (broad SMARTS) is 1. The van der Waals surface area contributed by atoms with Gasteiger partial charge in [-0.2, -0.15) is 0 Å². The lowest BCUT2D eigenvalue weighted by atomic mass is 9.84. The van der Waals surface area contributed by atoms with Crippen LogP contribution < -0.4 is 5.73 Å². The number of hydrogen-bond acceptors (Lipinski definition) is 3. The first kappa shape index (κ1) is 19.2. The molecule has 27 heavy (non-hydrogen) atoms. The molecule has 0 fully saturated rings. The molecule has 0 unspecified atom stereocenters. The Morgan fingerprint density at radius 2 is 1.15 bits per heavy atom. The van der Waals surface area contributed by atoms with Crippen molar-refractivity contribution in [1.82, 2.24) is 0 Å². The highest BCUT2D eigenvalue weighted by molar-refractivity contribution is 8.00. The average molecular weight is 378 g/mol. The van der Waals surface area contributed by atoms with Gasteiger partial charge in [-0.05, 0) is 23.6 Å². The van der Waals surface area contributed by atoms with Crippen LogP contribution in [0.3, 0.4) is 0 Å². The number of rotatable bonds is 7. The van der Waals surface area contributed by atoms with Gasteiger partial charge in [-0.25, -0.2) is 0 Å². The summed E-state index contributed by atoms with van der Waals surface area (Å²) in [6.07, 6.45) is 0. The first-order valence-corrected chi connectivity index (χ1v) is 9.78. The molecule has 0 aliphatic heterocycles. The monoisotopic (exact) mass is 377 g/mol. The molecule has 0 aromatic heterocycles. The first-order chi connectivity index (χ1) is 13.0. The van der Waals surface area contributed by atoms with Gasteiger partial charge in [0.05, 0.1) is 4.75 Å². The van der Waals surface area contributed by atoms with Gasteiger partial charge in [0, 0.05) is 5.75 Å². The van der Waals surface area contributed by atoms with Crippen molar-refractivity contribution in [3.05, 3.63) is 108 Å². The Bertz CT molecular complexity index is 783. The fourth-order valence-corrected chi connectivity index (χ4v) is 4.64. The molecular weight excluding hydrogens is 354 g/mol. The van der Waals surface area contributed by atoms with Crippen molar-refractivity contribution in [1.29, 1.82) is 0 Å². The molecule has 3 nitrogen and oxygen atoms in total. The number of thioether (sulfide) groups is 1. The largest absolute Gasteiger partial charge is 0.480 e. The molecular formula is C23H23NO2S. The van der Waals surface area contributed by atoms with Crippen LogP contribution in [0.15, 0.2) is 91.0 Å². The van der Waals surface area contributed by atoms with Gasteiger partial charge >= 0.3 is 5.97 Å². The topological polar surface area (TPSA) is 63.3 Å². The van der Waals surface area contributed by atoms with Gasteiger partial charge < -0.3 is 10.8 Å². The van der Waals surface area contributed by atoms with E-state index in [1.807, 2.05) is 54.6 Å². The first-order valence-electron chi connectivity index (χ1n) is 8.79. The van der Waals surface area contributed by atoms with Crippen molar-refractivity contribution < 1.29 is 9.90 Å². The molecule has 0 bridgehead atoms. The summed E-state index contributed by atoms with van der Waals surface area (Å²) in [5.41, 5.74) is 8.03. The highest BCUT2D eigenvalue weighted by Gasteiger charge is 2.40. The zero-order valence-electron chi connectivity index (χ0n) is 15.2. The number of carbonyl (C=O) groups is 1. The fourth-order valence-electron chi connectivity index (χ4n) is 3.09. The van der Waals surface area contributed by atoms with Gasteiger partial charge in [0.1, 0.15) is 5.54 Å². The summed E-state index contributed by atoms with van der Waals surface area (Å²) >= 11 is 1.56. The molecule has 0 amide bonds. The van der Waals surface area contributed by atoms with Crippen molar-refractivity contribution in [2.45, 2.75) is 17.2 Å².